The standard InChI is InChI=1S/C19H21ClN2O2/c1-14-17(20)9-6-10-18(14)22(15(2)23)12-11-19(24)21-13-16-7-4-3-5-8-16/h3-10H,11-13H2,1-2H3,(H,21,24). The summed E-state index contributed by atoms with van der Waals surface area (Å²) in [7, 11) is 0. The topological polar surface area (TPSA) is 49.4 Å². The van der Waals surface area contributed by atoms with Crippen molar-refractivity contribution in [2.45, 2.75) is 26.8 Å². The summed E-state index contributed by atoms with van der Waals surface area (Å²) in [4.78, 5) is 25.6. The molecule has 0 unspecified atom stereocenters. The van der Waals surface area contributed by atoms with Gasteiger partial charge in [0, 0.05) is 37.1 Å². The molecule has 0 bridgehead atoms. The number of rotatable bonds is 6. The van der Waals surface area contributed by atoms with E-state index >= 15 is 0 Å². The van der Waals surface area contributed by atoms with Crippen LogP contribution in [-0.4, -0.2) is 18.4 Å². The Morgan fingerprint density at radius 1 is 1.08 bits per heavy atom. The molecule has 0 radical (unpaired) electrons. The quantitative estimate of drug-likeness (QED) is 0.868. The zero-order valence-corrected chi connectivity index (χ0v) is 14.6. The third kappa shape index (κ3) is 4.83. The smallest absolute Gasteiger partial charge is 0.223 e. The largest absolute Gasteiger partial charge is 0.352 e. The highest BCUT2D eigenvalue weighted by molar-refractivity contribution is 6.31. The molecule has 126 valence electrons. The van der Waals surface area contributed by atoms with E-state index in [1.54, 1.807) is 17.0 Å². The Hall–Kier alpha value is -2.33. The molecule has 0 aliphatic carbocycles. The van der Waals surface area contributed by atoms with Crippen LogP contribution in [0, 0.1) is 6.92 Å². The van der Waals surface area contributed by atoms with Crippen LogP contribution in [0.3, 0.4) is 0 Å². The number of nitrogens with one attached hydrogen (secondary N) is 1. The summed E-state index contributed by atoms with van der Waals surface area (Å²) < 4.78 is 0. The van der Waals surface area contributed by atoms with Gasteiger partial charge in [-0.05, 0) is 30.2 Å². The molecule has 4 nitrogen and oxygen atoms in total. The van der Waals surface area contributed by atoms with Gasteiger partial charge in [0.2, 0.25) is 11.8 Å². The molecule has 2 amide bonds. The first kappa shape index (κ1) is 18.0. The van der Waals surface area contributed by atoms with Crippen LogP contribution in [0.4, 0.5) is 5.69 Å². The van der Waals surface area contributed by atoms with Crippen molar-refractivity contribution in [3.8, 4) is 0 Å². The summed E-state index contributed by atoms with van der Waals surface area (Å²) in [6, 6.07) is 15.1. The van der Waals surface area contributed by atoms with Crippen molar-refractivity contribution in [3.05, 3.63) is 64.7 Å². The maximum atomic E-state index is 12.1. The van der Waals surface area contributed by atoms with Crippen molar-refractivity contribution in [1.29, 1.82) is 0 Å². The molecule has 0 heterocycles. The van der Waals surface area contributed by atoms with Crippen molar-refractivity contribution < 1.29 is 9.59 Å². The number of benzene rings is 2. The van der Waals surface area contributed by atoms with E-state index in [9.17, 15) is 9.59 Å². The zero-order valence-electron chi connectivity index (χ0n) is 13.9. The molecule has 0 aliphatic heterocycles. The Morgan fingerprint density at radius 3 is 2.46 bits per heavy atom. The van der Waals surface area contributed by atoms with Crippen molar-refractivity contribution >= 4 is 29.1 Å². The summed E-state index contributed by atoms with van der Waals surface area (Å²) in [6.07, 6.45) is 0.234. The summed E-state index contributed by atoms with van der Waals surface area (Å²) in [5, 5.41) is 3.47. The Labute approximate surface area is 147 Å². The lowest BCUT2D eigenvalue weighted by molar-refractivity contribution is -0.121. The second-order valence-corrected chi connectivity index (χ2v) is 5.97. The van der Waals surface area contributed by atoms with Gasteiger partial charge < -0.3 is 10.2 Å². The highest BCUT2D eigenvalue weighted by Crippen LogP contribution is 2.26. The molecule has 2 aromatic carbocycles. The van der Waals surface area contributed by atoms with E-state index in [1.165, 1.54) is 6.92 Å². The molecular formula is C19H21ClN2O2. The number of halogens is 1. The SMILES string of the molecule is CC(=O)N(CCC(=O)NCc1ccccc1)c1cccc(Cl)c1C. The van der Waals surface area contributed by atoms with Gasteiger partial charge in [0.25, 0.3) is 0 Å². The Bertz CT molecular complexity index is 717. The molecule has 0 saturated heterocycles. The van der Waals surface area contributed by atoms with Crippen LogP contribution in [0.5, 0.6) is 0 Å². The van der Waals surface area contributed by atoms with E-state index in [-0.39, 0.29) is 18.2 Å². The minimum absolute atomic E-state index is 0.0928. The van der Waals surface area contributed by atoms with Gasteiger partial charge in [-0.3, -0.25) is 9.59 Å². The molecule has 24 heavy (non-hydrogen) atoms. The lowest BCUT2D eigenvalue weighted by atomic mass is 10.1. The monoisotopic (exact) mass is 344 g/mol. The number of carbonyl (C=O) groups is 2. The second-order valence-electron chi connectivity index (χ2n) is 5.57. The van der Waals surface area contributed by atoms with Crippen LogP contribution in [-0.2, 0) is 16.1 Å². The number of hydrogen-bond donors (Lipinski definition) is 1. The van der Waals surface area contributed by atoms with Crippen molar-refractivity contribution in [3.63, 3.8) is 0 Å². The fourth-order valence-corrected chi connectivity index (χ4v) is 2.60. The van der Waals surface area contributed by atoms with Crippen LogP contribution in [0.1, 0.15) is 24.5 Å². The lowest BCUT2D eigenvalue weighted by Crippen LogP contribution is -2.34. The van der Waals surface area contributed by atoms with Crippen LogP contribution >= 0.6 is 11.6 Å². The highest BCUT2D eigenvalue weighted by Gasteiger charge is 2.16. The van der Waals surface area contributed by atoms with Crippen LogP contribution in [0.25, 0.3) is 0 Å². The summed E-state index contributed by atoms with van der Waals surface area (Å²) in [5.41, 5.74) is 2.62. The third-order valence-corrected chi connectivity index (χ3v) is 4.21. The van der Waals surface area contributed by atoms with Crippen LogP contribution in [0.15, 0.2) is 48.5 Å². The first-order valence-corrected chi connectivity index (χ1v) is 8.20. The van der Waals surface area contributed by atoms with Gasteiger partial charge >= 0.3 is 0 Å². The summed E-state index contributed by atoms with van der Waals surface area (Å²) >= 11 is 6.13. The molecule has 0 aromatic heterocycles. The predicted molar refractivity (Wildman–Crippen MR) is 97.1 cm³/mol. The number of anilines is 1. The normalized spacial score (nSPS) is 10.3. The molecule has 2 aromatic rings. The van der Waals surface area contributed by atoms with E-state index in [0.717, 1.165) is 16.8 Å². The molecule has 5 heteroatoms. The van der Waals surface area contributed by atoms with Gasteiger partial charge in [0.15, 0.2) is 0 Å². The molecule has 0 fully saturated rings. The van der Waals surface area contributed by atoms with Gasteiger partial charge in [0.05, 0.1) is 0 Å². The van der Waals surface area contributed by atoms with Crippen LogP contribution in [0.2, 0.25) is 5.02 Å². The van der Waals surface area contributed by atoms with Gasteiger partial charge in [0.1, 0.15) is 0 Å². The van der Waals surface area contributed by atoms with E-state index < -0.39 is 0 Å². The van der Waals surface area contributed by atoms with Crippen molar-refractivity contribution in [2.24, 2.45) is 0 Å². The zero-order chi connectivity index (χ0) is 17.5. The first-order valence-electron chi connectivity index (χ1n) is 7.83. The molecule has 2 rings (SSSR count). The Kier molecular flexibility index (Phi) is 6.38. The molecule has 0 atom stereocenters. The number of amides is 2. The fourth-order valence-electron chi connectivity index (χ4n) is 2.43. The van der Waals surface area contributed by atoms with Gasteiger partial charge in [-0.25, -0.2) is 0 Å². The molecule has 0 saturated carbocycles. The van der Waals surface area contributed by atoms with Crippen LogP contribution < -0.4 is 10.2 Å². The summed E-state index contributed by atoms with van der Waals surface area (Å²) in [6.45, 7) is 4.15. The lowest BCUT2D eigenvalue weighted by Gasteiger charge is -2.23. The maximum Gasteiger partial charge on any atom is 0.223 e. The van der Waals surface area contributed by atoms with Gasteiger partial charge in [-0.1, -0.05) is 48.0 Å². The second kappa shape index (κ2) is 8.50. The fraction of sp³-hybridized carbons (Fsp3) is 0.263. The summed E-state index contributed by atoms with van der Waals surface area (Å²) in [5.74, 6) is -0.207. The molecule has 0 spiro atoms. The minimum atomic E-state index is -0.115. The molecule has 0 aliphatic rings. The van der Waals surface area contributed by atoms with E-state index in [2.05, 4.69) is 5.32 Å². The van der Waals surface area contributed by atoms with E-state index in [0.29, 0.717) is 18.1 Å². The van der Waals surface area contributed by atoms with Gasteiger partial charge in [-0.15, -0.1) is 0 Å². The third-order valence-electron chi connectivity index (χ3n) is 3.80. The van der Waals surface area contributed by atoms with E-state index in [1.807, 2.05) is 43.3 Å². The average molecular weight is 345 g/mol. The molecule has 1 N–H and O–H groups in total. The number of nitrogens with zero attached hydrogens (tertiary/aromatic N) is 1. The Morgan fingerprint density at radius 2 is 1.79 bits per heavy atom. The number of carbonyl (C=O) groups excluding carboxylic acids is 2. The average Bonchev–Trinajstić information content (AvgIpc) is 2.57. The van der Waals surface area contributed by atoms with Gasteiger partial charge in [-0.2, -0.15) is 0 Å². The molecular weight excluding hydrogens is 324 g/mol. The van der Waals surface area contributed by atoms with Crippen molar-refractivity contribution in [1.82, 2.24) is 5.32 Å². The highest BCUT2D eigenvalue weighted by atomic mass is 35.5. The predicted octanol–water partition coefficient (Wildman–Crippen LogP) is 3.71. The minimum Gasteiger partial charge on any atom is -0.352 e. The first-order chi connectivity index (χ1) is 11.5. The van der Waals surface area contributed by atoms with Crippen molar-refractivity contribution in [2.75, 3.05) is 11.4 Å². The van der Waals surface area contributed by atoms with E-state index in [4.69, 9.17) is 11.6 Å². The number of hydrogen-bond acceptors (Lipinski definition) is 2. The maximum absolute atomic E-state index is 12.1. The Balaban J connectivity index is 1.95.